The minimum absolute atomic E-state index is 0.0401. The van der Waals surface area contributed by atoms with E-state index in [1.807, 2.05) is 56.9 Å². The van der Waals surface area contributed by atoms with Crippen molar-refractivity contribution in [2.24, 2.45) is 5.92 Å². The molecular formula is C27H39N3O3S. The summed E-state index contributed by atoms with van der Waals surface area (Å²) in [7, 11) is 0. The Hall–Kier alpha value is -2.54. The van der Waals surface area contributed by atoms with Crippen LogP contribution in [0.5, 0.6) is 5.75 Å². The van der Waals surface area contributed by atoms with E-state index < -0.39 is 0 Å². The van der Waals surface area contributed by atoms with Crippen LogP contribution in [0.1, 0.15) is 63.1 Å². The average Bonchev–Trinajstić information content (AvgIpc) is 3.25. The maximum atomic E-state index is 13.6. The van der Waals surface area contributed by atoms with Gasteiger partial charge >= 0.3 is 6.03 Å². The summed E-state index contributed by atoms with van der Waals surface area (Å²) in [4.78, 5) is 31.5. The van der Waals surface area contributed by atoms with Crippen molar-refractivity contribution in [1.82, 2.24) is 15.1 Å². The van der Waals surface area contributed by atoms with Gasteiger partial charge in [0.25, 0.3) is 0 Å². The molecule has 0 radical (unpaired) electrons. The summed E-state index contributed by atoms with van der Waals surface area (Å²) in [5.41, 5.74) is 1.97. The molecule has 0 spiro atoms. The summed E-state index contributed by atoms with van der Waals surface area (Å²) in [5.74, 6) is 1.06. The van der Waals surface area contributed by atoms with Crippen LogP contribution in [0.4, 0.5) is 4.79 Å². The molecule has 0 saturated heterocycles. The highest BCUT2D eigenvalue weighted by Crippen LogP contribution is 2.34. The molecule has 1 N–H and O–H groups in total. The van der Waals surface area contributed by atoms with Crippen LogP contribution in [-0.4, -0.2) is 53.5 Å². The maximum absolute atomic E-state index is 13.6. The van der Waals surface area contributed by atoms with Gasteiger partial charge in [0.05, 0.1) is 6.04 Å². The minimum atomic E-state index is -0.366. The third-order valence-corrected chi connectivity index (χ3v) is 7.16. The predicted molar refractivity (Wildman–Crippen MR) is 138 cm³/mol. The third-order valence-electron chi connectivity index (χ3n) is 6.17. The van der Waals surface area contributed by atoms with E-state index in [0.717, 1.165) is 24.2 Å². The lowest BCUT2D eigenvalue weighted by molar-refractivity contribution is -0.135. The number of fused-ring (bicyclic) bond motifs is 1. The maximum Gasteiger partial charge on any atom is 0.318 e. The summed E-state index contributed by atoms with van der Waals surface area (Å²) < 4.78 is 6.13. The first-order valence-corrected chi connectivity index (χ1v) is 13.1. The SMILES string of the molecule is CC[C@@H](C)CN(CC(=O)N1CCc2sccc2[C@H]1COc1ccc(C)cc1)C(=O)NC(C)(C)C. The minimum Gasteiger partial charge on any atom is -0.491 e. The molecule has 1 aliphatic rings. The van der Waals surface area contributed by atoms with Crippen molar-refractivity contribution in [2.75, 3.05) is 26.2 Å². The Kier molecular flexibility index (Phi) is 8.63. The van der Waals surface area contributed by atoms with Crippen molar-refractivity contribution < 1.29 is 14.3 Å². The van der Waals surface area contributed by atoms with Crippen molar-refractivity contribution in [3.05, 3.63) is 51.7 Å². The van der Waals surface area contributed by atoms with Gasteiger partial charge < -0.3 is 19.9 Å². The molecule has 1 aromatic carbocycles. The predicted octanol–water partition coefficient (Wildman–Crippen LogP) is 5.42. The lowest BCUT2D eigenvalue weighted by Gasteiger charge is -2.37. The Morgan fingerprint density at radius 1 is 1.24 bits per heavy atom. The van der Waals surface area contributed by atoms with E-state index in [1.54, 1.807) is 16.2 Å². The van der Waals surface area contributed by atoms with Crippen LogP contribution in [0.25, 0.3) is 0 Å². The Labute approximate surface area is 208 Å². The Morgan fingerprint density at radius 2 is 1.94 bits per heavy atom. The van der Waals surface area contributed by atoms with Gasteiger partial charge in [-0.2, -0.15) is 0 Å². The van der Waals surface area contributed by atoms with Crippen LogP contribution >= 0.6 is 11.3 Å². The molecule has 186 valence electrons. The molecule has 1 aliphatic heterocycles. The van der Waals surface area contributed by atoms with Gasteiger partial charge in [-0.1, -0.05) is 38.0 Å². The van der Waals surface area contributed by atoms with Crippen molar-refractivity contribution in [1.29, 1.82) is 0 Å². The number of thiophene rings is 1. The second-order valence-corrected chi connectivity index (χ2v) is 11.4. The lowest BCUT2D eigenvalue weighted by Crippen LogP contribution is -2.53. The van der Waals surface area contributed by atoms with E-state index in [1.165, 1.54) is 10.4 Å². The number of ether oxygens (including phenoxy) is 1. The van der Waals surface area contributed by atoms with Gasteiger partial charge in [-0.05, 0) is 69.2 Å². The number of rotatable bonds is 8. The molecule has 1 aromatic heterocycles. The Morgan fingerprint density at radius 3 is 2.59 bits per heavy atom. The highest BCUT2D eigenvalue weighted by molar-refractivity contribution is 7.10. The summed E-state index contributed by atoms with van der Waals surface area (Å²) >= 11 is 1.73. The van der Waals surface area contributed by atoms with E-state index in [0.29, 0.717) is 25.6 Å². The Bertz CT molecular complexity index is 964. The molecule has 0 unspecified atom stereocenters. The van der Waals surface area contributed by atoms with Crippen molar-refractivity contribution in [3.63, 3.8) is 0 Å². The summed E-state index contributed by atoms with van der Waals surface area (Å²) in [6.07, 6.45) is 1.78. The topological polar surface area (TPSA) is 61.9 Å². The molecule has 0 fully saturated rings. The normalized spacial score (nSPS) is 16.5. The molecule has 3 rings (SSSR count). The van der Waals surface area contributed by atoms with Crippen LogP contribution < -0.4 is 10.1 Å². The molecule has 34 heavy (non-hydrogen) atoms. The van der Waals surface area contributed by atoms with Crippen molar-refractivity contribution in [2.45, 2.75) is 66.0 Å². The number of aryl methyl sites for hydroxylation is 1. The molecular weight excluding hydrogens is 446 g/mol. The van der Waals surface area contributed by atoms with Gasteiger partial charge in [-0.15, -0.1) is 11.3 Å². The highest BCUT2D eigenvalue weighted by atomic mass is 32.1. The zero-order chi connectivity index (χ0) is 24.9. The lowest BCUT2D eigenvalue weighted by atomic mass is 10.00. The smallest absolute Gasteiger partial charge is 0.318 e. The van der Waals surface area contributed by atoms with E-state index in [4.69, 9.17) is 4.74 Å². The van der Waals surface area contributed by atoms with Gasteiger partial charge in [0.1, 0.15) is 18.9 Å². The van der Waals surface area contributed by atoms with Crippen LogP contribution in [0.15, 0.2) is 35.7 Å². The van der Waals surface area contributed by atoms with E-state index in [-0.39, 0.29) is 30.1 Å². The summed E-state index contributed by atoms with van der Waals surface area (Å²) in [6, 6.07) is 9.71. The zero-order valence-corrected chi connectivity index (χ0v) is 22.2. The van der Waals surface area contributed by atoms with Crippen LogP contribution in [0.3, 0.4) is 0 Å². The number of carbonyl (C=O) groups is 2. The molecule has 0 aliphatic carbocycles. The summed E-state index contributed by atoms with van der Waals surface area (Å²) in [5, 5.41) is 5.11. The van der Waals surface area contributed by atoms with Crippen molar-refractivity contribution in [3.8, 4) is 5.75 Å². The Balaban J connectivity index is 1.77. The largest absolute Gasteiger partial charge is 0.491 e. The van der Waals surface area contributed by atoms with E-state index in [9.17, 15) is 9.59 Å². The average molecular weight is 486 g/mol. The van der Waals surface area contributed by atoms with Crippen LogP contribution in [0, 0.1) is 12.8 Å². The van der Waals surface area contributed by atoms with Gasteiger partial charge in [-0.3, -0.25) is 4.79 Å². The van der Waals surface area contributed by atoms with Crippen LogP contribution in [0.2, 0.25) is 0 Å². The van der Waals surface area contributed by atoms with Gasteiger partial charge in [-0.25, -0.2) is 4.79 Å². The fraction of sp³-hybridized carbons (Fsp3) is 0.556. The number of benzene rings is 1. The second-order valence-electron chi connectivity index (χ2n) is 10.4. The van der Waals surface area contributed by atoms with Crippen molar-refractivity contribution >= 4 is 23.3 Å². The molecule has 6 nitrogen and oxygen atoms in total. The van der Waals surface area contributed by atoms with Gasteiger partial charge in [0.15, 0.2) is 0 Å². The van der Waals surface area contributed by atoms with E-state index in [2.05, 4.69) is 30.6 Å². The van der Waals surface area contributed by atoms with Gasteiger partial charge in [0, 0.05) is 23.5 Å². The molecule has 0 bridgehead atoms. The summed E-state index contributed by atoms with van der Waals surface area (Å²) in [6.45, 7) is 13.7. The number of nitrogens with zero attached hydrogens (tertiary/aromatic N) is 2. The third kappa shape index (κ3) is 6.98. The molecule has 2 heterocycles. The molecule has 2 atom stereocenters. The van der Waals surface area contributed by atoms with Gasteiger partial charge in [0.2, 0.25) is 5.91 Å². The standard InChI is InChI=1S/C27H39N3O3S/c1-7-19(2)16-29(26(32)28-27(4,5)6)17-25(31)30-14-12-24-22(13-15-34-24)23(30)18-33-21-10-8-20(3)9-11-21/h8-11,13,15,19,23H,7,12,14,16-18H2,1-6H3,(H,28,32)/t19-,23-/m1/s1. The number of hydrogen-bond acceptors (Lipinski definition) is 4. The molecule has 3 amide bonds. The number of amides is 3. The fourth-order valence-electron chi connectivity index (χ4n) is 4.06. The number of carbonyl (C=O) groups excluding carboxylic acids is 2. The highest BCUT2D eigenvalue weighted by Gasteiger charge is 2.34. The quantitative estimate of drug-likeness (QED) is 0.543. The second kappa shape index (κ2) is 11.3. The first kappa shape index (κ1) is 26.1. The zero-order valence-electron chi connectivity index (χ0n) is 21.4. The van der Waals surface area contributed by atoms with E-state index >= 15 is 0 Å². The number of hydrogen-bond donors (Lipinski definition) is 1. The number of nitrogens with one attached hydrogen (secondary N) is 1. The van der Waals surface area contributed by atoms with Crippen LogP contribution in [-0.2, 0) is 11.2 Å². The molecule has 0 saturated carbocycles. The number of urea groups is 1. The molecule has 7 heteroatoms. The first-order chi connectivity index (χ1) is 16.1. The first-order valence-electron chi connectivity index (χ1n) is 12.2. The molecule has 2 aromatic rings. The fourth-order valence-corrected chi connectivity index (χ4v) is 4.99. The monoisotopic (exact) mass is 485 g/mol.